The van der Waals surface area contributed by atoms with Crippen LogP contribution in [0.25, 0.3) is 0 Å². The van der Waals surface area contributed by atoms with Crippen LogP contribution in [-0.4, -0.2) is 30.4 Å². The number of rotatable bonds is 2. The summed E-state index contributed by atoms with van der Waals surface area (Å²) in [6, 6.07) is 0. The molecule has 2 N–H and O–H groups in total. The van der Waals surface area contributed by atoms with Crippen molar-refractivity contribution in [1.29, 1.82) is 0 Å². The van der Waals surface area contributed by atoms with Gasteiger partial charge in [-0.3, -0.25) is 4.79 Å². The minimum Gasteiger partial charge on any atom is -0.339 e. The minimum atomic E-state index is 0.111. The molecule has 1 aliphatic rings. The van der Waals surface area contributed by atoms with Crippen molar-refractivity contribution in [1.82, 2.24) is 4.90 Å². The van der Waals surface area contributed by atoms with Gasteiger partial charge < -0.3 is 10.6 Å². The number of likely N-dealkylation sites (tertiary alicyclic amines) is 1. The van der Waals surface area contributed by atoms with E-state index in [4.69, 9.17) is 5.73 Å². The van der Waals surface area contributed by atoms with Gasteiger partial charge in [-0.25, -0.2) is 0 Å². The van der Waals surface area contributed by atoms with Crippen LogP contribution in [0.2, 0.25) is 0 Å². The molecule has 1 rings (SSSR count). The monoisotopic (exact) mass is 168 g/mol. The second-order valence-electron chi connectivity index (χ2n) is 3.02. The summed E-state index contributed by atoms with van der Waals surface area (Å²) in [5.41, 5.74) is 5.25. The van der Waals surface area contributed by atoms with E-state index in [1.54, 1.807) is 12.2 Å². The first kappa shape index (κ1) is 9.26. The Morgan fingerprint density at radius 3 is 2.58 bits per heavy atom. The molecule has 68 valence electrons. The molecule has 0 aromatic carbocycles. The molecular weight excluding hydrogens is 152 g/mol. The molecule has 0 radical (unpaired) electrons. The summed E-state index contributed by atoms with van der Waals surface area (Å²) in [5.74, 6) is 0.111. The van der Waals surface area contributed by atoms with Crippen molar-refractivity contribution in [3.63, 3.8) is 0 Å². The lowest BCUT2D eigenvalue weighted by molar-refractivity contribution is -0.126. The van der Waals surface area contributed by atoms with E-state index in [-0.39, 0.29) is 5.91 Å². The zero-order chi connectivity index (χ0) is 8.81. The van der Waals surface area contributed by atoms with Crippen LogP contribution in [0.4, 0.5) is 0 Å². The Morgan fingerprint density at radius 1 is 1.33 bits per heavy atom. The molecule has 0 atom stereocenters. The number of piperidine rings is 1. The van der Waals surface area contributed by atoms with E-state index in [2.05, 4.69) is 0 Å². The first-order chi connectivity index (χ1) is 5.84. The van der Waals surface area contributed by atoms with Gasteiger partial charge in [0.2, 0.25) is 5.91 Å². The summed E-state index contributed by atoms with van der Waals surface area (Å²) in [6.07, 6.45) is 6.82. The largest absolute Gasteiger partial charge is 0.339 e. The average molecular weight is 168 g/mol. The van der Waals surface area contributed by atoms with Gasteiger partial charge in [-0.15, -0.1) is 0 Å². The van der Waals surface area contributed by atoms with E-state index in [1.807, 2.05) is 4.90 Å². The van der Waals surface area contributed by atoms with Crippen LogP contribution >= 0.6 is 0 Å². The highest BCUT2D eigenvalue weighted by atomic mass is 16.2. The molecule has 0 aliphatic carbocycles. The Balaban J connectivity index is 2.34. The zero-order valence-corrected chi connectivity index (χ0v) is 7.33. The van der Waals surface area contributed by atoms with E-state index in [0.717, 1.165) is 25.9 Å². The quantitative estimate of drug-likeness (QED) is 0.611. The fourth-order valence-electron chi connectivity index (χ4n) is 1.39. The molecule has 0 unspecified atom stereocenters. The molecule has 0 bridgehead atoms. The fourth-order valence-corrected chi connectivity index (χ4v) is 1.39. The molecular formula is C9H16N2O. The molecule has 1 saturated heterocycles. The molecule has 3 heteroatoms. The predicted molar refractivity (Wildman–Crippen MR) is 48.6 cm³/mol. The molecule has 12 heavy (non-hydrogen) atoms. The van der Waals surface area contributed by atoms with E-state index in [0.29, 0.717) is 6.54 Å². The Kier molecular flexibility index (Phi) is 3.80. The van der Waals surface area contributed by atoms with Gasteiger partial charge in [0, 0.05) is 25.7 Å². The van der Waals surface area contributed by atoms with Crippen LogP contribution in [0.1, 0.15) is 19.3 Å². The second kappa shape index (κ2) is 4.93. The van der Waals surface area contributed by atoms with Crippen LogP contribution in [0.3, 0.4) is 0 Å². The minimum absolute atomic E-state index is 0.111. The summed E-state index contributed by atoms with van der Waals surface area (Å²) in [4.78, 5) is 13.2. The van der Waals surface area contributed by atoms with E-state index >= 15 is 0 Å². The molecule has 3 nitrogen and oxygen atoms in total. The van der Waals surface area contributed by atoms with Crippen molar-refractivity contribution in [3.8, 4) is 0 Å². The number of nitrogens with two attached hydrogens (primary N) is 1. The van der Waals surface area contributed by atoms with Crippen LogP contribution in [0, 0.1) is 0 Å². The number of hydrogen-bond acceptors (Lipinski definition) is 2. The number of hydrogen-bond donors (Lipinski definition) is 1. The first-order valence-electron chi connectivity index (χ1n) is 4.50. The van der Waals surface area contributed by atoms with Gasteiger partial charge in [0.15, 0.2) is 0 Å². The number of nitrogens with zero attached hydrogens (tertiary/aromatic N) is 1. The van der Waals surface area contributed by atoms with Crippen molar-refractivity contribution in [2.24, 2.45) is 5.73 Å². The molecule has 1 amide bonds. The molecule has 1 heterocycles. The zero-order valence-electron chi connectivity index (χ0n) is 7.33. The third-order valence-corrected chi connectivity index (χ3v) is 2.06. The highest BCUT2D eigenvalue weighted by molar-refractivity contribution is 5.87. The van der Waals surface area contributed by atoms with Gasteiger partial charge in [-0.2, -0.15) is 0 Å². The van der Waals surface area contributed by atoms with Gasteiger partial charge in [0.1, 0.15) is 0 Å². The maximum Gasteiger partial charge on any atom is 0.246 e. The Bertz CT molecular complexity index is 171. The standard InChI is InChI=1S/C9H16N2O/c10-6-4-5-9(12)11-7-2-1-3-8-11/h4-5H,1-3,6-8,10H2. The Labute approximate surface area is 73.2 Å². The third-order valence-electron chi connectivity index (χ3n) is 2.06. The average Bonchev–Trinajstić information content (AvgIpc) is 2.15. The summed E-state index contributed by atoms with van der Waals surface area (Å²) < 4.78 is 0. The van der Waals surface area contributed by atoms with Gasteiger partial charge in [-0.05, 0) is 19.3 Å². The summed E-state index contributed by atoms with van der Waals surface area (Å²) in [5, 5.41) is 0. The smallest absolute Gasteiger partial charge is 0.246 e. The normalized spacial score (nSPS) is 18.6. The molecule has 0 aromatic heterocycles. The molecule has 1 fully saturated rings. The maximum atomic E-state index is 11.3. The lowest BCUT2D eigenvalue weighted by Gasteiger charge is -2.25. The molecule has 0 saturated carbocycles. The Hall–Kier alpha value is -0.830. The lowest BCUT2D eigenvalue weighted by Crippen LogP contribution is -2.34. The van der Waals surface area contributed by atoms with Crippen LogP contribution in [0.5, 0.6) is 0 Å². The van der Waals surface area contributed by atoms with Gasteiger partial charge >= 0.3 is 0 Å². The highest BCUT2D eigenvalue weighted by Gasteiger charge is 2.12. The molecule has 0 aromatic rings. The van der Waals surface area contributed by atoms with Gasteiger partial charge in [0.05, 0.1) is 0 Å². The topological polar surface area (TPSA) is 46.3 Å². The molecule has 1 aliphatic heterocycles. The fraction of sp³-hybridized carbons (Fsp3) is 0.667. The summed E-state index contributed by atoms with van der Waals surface area (Å²) in [6.45, 7) is 2.26. The maximum absolute atomic E-state index is 11.3. The second-order valence-corrected chi connectivity index (χ2v) is 3.02. The summed E-state index contributed by atoms with van der Waals surface area (Å²) in [7, 11) is 0. The van der Waals surface area contributed by atoms with Crippen molar-refractivity contribution < 1.29 is 4.79 Å². The Morgan fingerprint density at radius 2 is 2.00 bits per heavy atom. The van der Waals surface area contributed by atoms with Crippen LogP contribution in [-0.2, 0) is 4.79 Å². The van der Waals surface area contributed by atoms with Crippen molar-refractivity contribution in [2.45, 2.75) is 19.3 Å². The van der Waals surface area contributed by atoms with Crippen molar-refractivity contribution in [3.05, 3.63) is 12.2 Å². The number of carbonyl (C=O) groups excluding carboxylic acids is 1. The number of amides is 1. The van der Waals surface area contributed by atoms with E-state index < -0.39 is 0 Å². The SMILES string of the molecule is NCC=CC(=O)N1CCCCC1. The predicted octanol–water partition coefficient (Wildman–Crippen LogP) is 0.514. The molecule has 0 spiro atoms. The van der Waals surface area contributed by atoms with Crippen LogP contribution < -0.4 is 5.73 Å². The van der Waals surface area contributed by atoms with E-state index in [9.17, 15) is 4.79 Å². The van der Waals surface area contributed by atoms with Crippen molar-refractivity contribution in [2.75, 3.05) is 19.6 Å². The summed E-state index contributed by atoms with van der Waals surface area (Å²) >= 11 is 0. The van der Waals surface area contributed by atoms with Crippen molar-refractivity contribution >= 4 is 5.91 Å². The van der Waals surface area contributed by atoms with E-state index in [1.165, 1.54) is 6.42 Å². The third kappa shape index (κ3) is 2.66. The first-order valence-corrected chi connectivity index (χ1v) is 4.50. The van der Waals surface area contributed by atoms with Gasteiger partial charge in [-0.1, -0.05) is 6.08 Å². The number of carbonyl (C=O) groups is 1. The van der Waals surface area contributed by atoms with Gasteiger partial charge in [0.25, 0.3) is 0 Å². The lowest BCUT2D eigenvalue weighted by atomic mass is 10.1. The van der Waals surface area contributed by atoms with Crippen LogP contribution in [0.15, 0.2) is 12.2 Å². The highest BCUT2D eigenvalue weighted by Crippen LogP contribution is 2.08.